The lowest BCUT2D eigenvalue weighted by molar-refractivity contribution is 0.0690. The third-order valence-electron chi connectivity index (χ3n) is 2.32. The summed E-state index contributed by atoms with van der Waals surface area (Å²) in [5.41, 5.74) is -0.796. The molecule has 0 unspecified atom stereocenters. The van der Waals surface area contributed by atoms with E-state index in [1.807, 2.05) is 0 Å². The molecule has 0 saturated carbocycles. The highest BCUT2D eigenvalue weighted by Crippen LogP contribution is 2.24. The number of hydrogen-bond acceptors (Lipinski definition) is 3. The highest BCUT2D eigenvalue weighted by Gasteiger charge is 2.21. The van der Waals surface area contributed by atoms with Gasteiger partial charge < -0.3 is 5.11 Å². The molecule has 2 aromatic rings. The fraction of sp³-hybridized carbons (Fsp3) is 0.182. The Morgan fingerprint density at radius 3 is 2.72 bits per heavy atom. The number of aryl methyl sites for hydroxylation is 1. The van der Waals surface area contributed by atoms with Crippen LogP contribution in [0.15, 0.2) is 18.2 Å². The summed E-state index contributed by atoms with van der Waals surface area (Å²) < 4.78 is 26.7. The minimum absolute atomic E-state index is 0.179. The van der Waals surface area contributed by atoms with Crippen molar-refractivity contribution in [2.24, 2.45) is 0 Å². The van der Waals surface area contributed by atoms with E-state index in [2.05, 4.69) is 10.2 Å². The molecule has 1 N–H and O–H groups in total. The van der Waals surface area contributed by atoms with Gasteiger partial charge in [0.15, 0.2) is 5.69 Å². The molecule has 0 aliphatic carbocycles. The van der Waals surface area contributed by atoms with Gasteiger partial charge in [-0.2, -0.15) is 9.90 Å². The van der Waals surface area contributed by atoms with E-state index < -0.39 is 23.3 Å². The standard InChI is InChI=1S/C11H9F2N3O2/c1-2-16-14-9(10(15-16)11(17)18)7-5-6(12)3-4-8(7)13/h3-5H,2H2,1H3,(H,17,18). The zero-order valence-electron chi connectivity index (χ0n) is 9.39. The lowest BCUT2D eigenvalue weighted by Gasteiger charge is -2.00. The summed E-state index contributed by atoms with van der Waals surface area (Å²) in [6, 6.07) is 2.76. The van der Waals surface area contributed by atoms with Crippen LogP contribution in [0.3, 0.4) is 0 Å². The van der Waals surface area contributed by atoms with E-state index in [4.69, 9.17) is 5.11 Å². The topological polar surface area (TPSA) is 68.0 Å². The van der Waals surface area contributed by atoms with Crippen LogP contribution >= 0.6 is 0 Å². The zero-order valence-corrected chi connectivity index (χ0v) is 9.39. The van der Waals surface area contributed by atoms with Crippen molar-refractivity contribution < 1.29 is 18.7 Å². The molecule has 0 radical (unpaired) electrons. The van der Waals surface area contributed by atoms with Crippen LogP contribution in [-0.4, -0.2) is 26.1 Å². The number of carboxylic acids is 1. The van der Waals surface area contributed by atoms with E-state index in [1.165, 1.54) is 0 Å². The van der Waals surface area contributed by atoms with Gasteiger partial charge in [0, 0.05) is 5.56 Å². The number of rotatable bonds is 3. The van der Waals surface area contributed by atoms with Gasteiger partial charge in [0.1, 0.15) is 17.3 Å². The Kier molecular flexibility index (Phi) is 3.05. The van der Waals surface area contributed by atoms with E-state index in [0.29, 0.717) is 6.54 Å². The Bertz CT molecular complexity index is 610. The van der Waals surface area contributed by atoms with E-state index in [-0.39, 0.29) is 11.3 Å². The minimum Gasteiger partial charge on any atom is -0.476 e. The number of aromatic nitrogens is 3. The van der Waals surface area contributed by atoms with E-state index in [1.54, 1.807) is 6.92 Å². The Balaban J connectivity index is 2.65. The lowest BCUT2D eigenvalue weighted by Crippen LogP contribution is -2.02. The summed E-state index contributed by atoms with van der Waals surface area (Å²) in [7, 11) is 0. The monoisotopic (exact) mass is 253 g/mol. The average molecular weight is 253 g/mol. The molecule has 5 nitrogen and oxygen atoms in total. The lowest BCUT2D eigenvalue weighted by atomic mass is 10.1. The summed E-state index contributed by atoms with van der Waals surface area (Å²) in [6.07, 6.45) is 0. The number of hydrogen-bond donors (Lipinski definition) is 1. The summed E-state index contributed by atoms with van der Waals surface area (Å²) in [5, 5.41) is 16.5. The van der Waals surface area contributed by atoms with Crippen molar-refractivity contribution in [2.45, 2.75) is 13.5 Å². The molecule has 0 spiro atoms. The van der Waals surface area contributed by atoms with Gasteiger partial charge in [-0.15, -0.1) is 5.10 Å². The molecular formula is C11H9F2N3O2. The molecule has 18 heavy (non-hydrogen) atoms. The smallest absolute Gasteiger partial charge is 0.358 e. The van der Waals surface area contributed by atoms with Crippen molar-refractivity contribution >= 4 is 5.97 Å². The van der Waals surface area contributed by atoms with Crippen LogP contribution in [0, 0.1) is 11.6 Å². The van der Waals surface area contributed by atoms with E-state index >= 15 is 0 Å². The quantitative estimate of drug-likeness (QED) is 0.907. The first-order valence-electron chi connectivity index (χ1n) is 5.16. The maximum absolute atomic E-state index is 13.6. The predicted octanol–water partition coefficient (Wildman–Crippen LogP) is 1.94. The number of benzene rings is 1. The maximum atomic E-state index is 13.6. The van der Waals surface area contributed by atoms with Crippen LogP contribution in [0.4, 0.5) is 8.78 Å². The molecule has 94 valence electrons. The van der Waals surface area contributed by atoms with E-state index in [9.17, 15) is 13.6 Å². The van der Waals surface area contributed by atoms with Crippen LogP contribution in [0.25, 0.3) is 11.3 Å². The largest absolute Gasteiger partial charge is 0.476 e. The van der Waals surface area contributed by atoms with Crippen molar-refractivity contribution in [3.63, 3.8) is 0 Å². The summed E-state index contributed by atoms with van der Waals surface area (Å²) in [6.45, 7) is 2.04. The van der Waals surface area contributed by atoms with Crippen LogP contribution in [0.2, 0.25) is 0 Å². The highest BCUT2D eigenvalue weighted by atomic mass is 19.1. The van der Waals surface area contributed by atoms with Crippen molar-refractivity contribution in [1.82, 2.24) is 15.0 Å². The van der Waals surface area contributed by atoms with Gasteiger partial charge >= 0.3 is 5.97 Å². The number of halogens is 2. The normalized spacial score (nSPS) is 10.6. The SMILES string of the molecule is CCn1nc(C(=O)O)c(-c2cc(F)ccc2F)n1. The highest BCUT2D eigenvalue weighted by molar-refractivity contribution is 5.92. The summed E-state index contributed by atoms with van der Waals surface area (Å²) in [5.74, 6) is -2.76. The minimum atomic E-state index is -1.34. The van der Waals surface area contributed by atoms with Crippen molar-refractivity contribution in [1.29, 1.82) is 0 Å². The summed E-state index contributed by atoms with van der Waals surface area (Å²) >= 11 is 0. The fourth-order valence-electron chi connectivity index (χ4n) is 1.49. The van der Waals surface area contributed by atoms with Gasteiger partial charge in [0.2, 0.25) is 0 Å². The molecule has 0 aliphatic rings. The molecule has 0 fully saturated rings. The third-order valence-corrected chi connectivity index (χ3v) is 2.32. The summed E-state index contributed by atoms with van der Waals surface area (Å²) in [4.78, 5) is 12.1. The maximum Gasteiger partial charge on any atom is 0.358 e. The van der Waals surface area contributed by atoms with Gasteiger partial charge in [-0.1, -0.05) is 0 Å². The Morgan fingerprint density at radius 2 is 2.11 bits per heavy atom. The fourth-order valence-corrected chi connectivity index (χ4v) is 1.49. The van der Waals surface area contributed by atoms with Gasteiger partial charge in [-0.3, -0.25) is 0 Å². The molecule has 1 aromatic carbocycles. The third kappa shape index (κ3) is 2.06. The first-order valence-corrected chi connectivity index (χ1v) is 5.16. The molecular weight excluding hydrogens is 244 g/mol. The average Bonchev–Trinajstić information content (AvgIpc) is 2.76. The number of aromatic carboxylic acids is 1. The molecule has 1 heterocycles. The zero-order chi connectivity index (χ0) is 13.3. The van der Waals surface area contributed by atoms with Gasteiger partial charge in [0.05, 0.1) is 6.54 Å². The van der Waals surface area contributed by atoms with Crippen LogP contribution in [-0.2, 0) is 6.54 Å². The molecule has 7 heteroatoms. The van der Waals surface area contributed by atoms with E-state index in [0.717, 1.165) is 23.0 Å². The molecule has 0 saturated heterocycles. The molecule has 0 bridgehead atoms. The predicted molar refractivity (Wildman–Crippen MR) is 58.0 cm³/mol. The van der Waals surface area contributed by atoms with Crippen molar-refractivity contribution in [3.05, 3.63) is 35.5 Å². The number of carboxylic acid groups (broad SMARTS) is 1. The van der Waals surface area contributed by atoms with Crippen LogP contribution < -0.4 is 0 Å². The van der Waals surface area contributed by atoms with Crippen LogP contribution in [0.5, 0.6) is 0 Å². The molecule has 0 atom stereocenters. The van der Waals surface area contributed by atoms with Crippen LogP contribution in [0.1, 0.15) is 17.4 Å². The second-order valence-electron chi connectivity index (χ2n) is 3.52. The van der Waals surface area contributed by atoms with Gasteiger partial charge in [-0.05, 0) is 25.1 Å². The first kappa shape index (κ1) is 12.2. The molecule has 0 amide bonds. The first-order chi connectivity index (χ1) is 8.52. The van der Waals surface area contributed by atoms with Crippen molar-refractivity contribution in [2.75, 3.05) is 0 Å². The molecule has 0 aliphatic heterocycles. The Hall–Kier alpha value is -2.31. The molecule has 1 aromatic heterocycles. The second kappa shape index (κ2) is 4.52. The Labute approximate surface area is 101 Å². The van der Waals surface area contributed by atoms with Crippen molar-refractivity contribution in [3.8, 4) is 11.3 Å². The van der Waals surface area contributed by atoms with Gasteiger partial charge in [0.25, 0.3) is 0 Å². The number of carbonyl (C=O) groups is 1. The van der Waals surface area contributed by atoms with Gasteiger partial charge in [-0.25, -0.2) is 13.6 Å². The second-order valence-corrected chi connectivity index (χ2v) is 3.52. The number of nitrogens with zero attached hydrogens (tertiary/aromatic N) is 3. The molecule has 2 rings (SSSR count). The Morgan fingerprint density at radius 1 is 1.39 bits per heavy atom.